The van der Waals surface area contributed by atoms with E-state index in [0.29, 0.717) is 11.3 Å². The van der Waals surface area contributed by atoms with Gasteiger partial charge in [0.1, 0.15) is 5.65 Å². The van der Waals surface area contributed by atoms with Crippen LogP contribution in [0.4, 0.5) is 0 Å². The first-order valence-corrected chi connectivity index (χ1v) is 3.26. The maximum Gasteiger partial charge on any atom is 0.137 e. The van der Waals surface area contributed by atoms with E-state index in [9.17, 15) is 0 Å². The maximum absolute atomic E-state index is 5.64. The molecule has 0 fully saturated rings. The highest BCUT2D eigenvalue weighted by atomic mass is 14.8. The van der Waals surface area contributed by atoms with Crippen molar-refractivity contribution in [1.29, 1.82) is 0 Å². The fourth-order valence-electron chi connectivity index (χ4n) is 1.06. The average Bonchev–Trinajstić information content (AvgIpc) is 2.30. The summed E-state index contributed by atoms with van der Waals surface area (Å²) in [5.74, 6) is 0. The Bertz CT molecular complexity index is 387. The van der Waals surface area contributed by atoms with Gasteiger partial charge in [0, 0.05) is 31.1 Å². The third kappa shape index (κ3) is 0.827. The van der Waals surface area contributed by atoms with Crippen molar-refractivity contribution in [1.82, 2.24) is 9.97 Å². The summed E-state index contributed by atoms with van der Waals surface area (Å²) in [5, 5.41) is 0.880. The molecule has 0 bridgehead atoms. The molecule has 0 aromatic carbocycles. The van der Waals surface area contributed by atoms with Gasteiger partial charge in [0.2, 0.25) is 0 Å². The molecule has 0 atom stereocenters. The highest BCUT2D eigenvalue weighted by Gasteiger charge is 2.02. The number of fused-ring (bicyclic) bond motifs is 1. The zero-order valence-electron chi connectivity index (χ0n) is 5.83. The van der Waals surface area contributed by atoms with Crippen molar-refractivity contribution >= 4 is 11.0 Å². The second kappa shape index (κ2) is 2.09. The smallest absolute Gasteiger partial charge is 0.137 e. The van der Waals surface area contributed by atoms with Crippen LogP contribution in [0.3, 0.4) is 0 Å². The van der Waals surface area contributed by atoms with Crippen LogP contribution in [0.5, 0.6) is 0 Å². The average molecular weight is 142 g/mol. The van der Waals surface area contributed by atoms with E-state index in [1.165, 1.54) is 0 Å². The standard InChI is InChI=1S/C9H6N2/c1-6-7(2)11-9-8(6)4-3-5-10-9/h1-5H,(H,10,11). The van der Waals surface area contributed by atoms with Crippen molar-refractivity contribution in [3.05, 3.63) is 43.4 Å². The first-order chi connectivity index (χ1) is 5.29. The highest BCUT2D eigenvalue weighted by molar-refractivity contribution is 5.82. The molecule has 0 spiro atoms. The van der Waals surface area contributed by atoms with Crippen molar-refractivity contribution < 1.29 is 0 Å². The van der Waals surface area contributed by atoms with Gasteiger partial charge < -0.3 is 4.98 Å². The molecular weight excluding hydrogens is 136 g/mol. The van der Waals surface area contributed by atoms with Crippen LogP contribution in [0, 0.1) is 13.8 Å². The van der Waals surface area contributed by atoms with Crippen LogP contribution < -0.4 is 0 Å². The summed E-state index contributed by atoms with van der Waals surface area (Å²) in [6, 6.07) is 3.70. The molecule has 2 heterocycles. The molecule has 0 aliphatic rings. The SMILES string of the molecule is [CH]c1[nH]c2ncccc2c1[CH]. The van der Waals surface area contributed by atoms with Gasteiger partial charge in [-0.2, -0.15) is 0 Å². The molecule has 1 N–H and O–H groups in total. The van der Waals surface area contributed by atoms with Gasteiger partial charge in [0.15, 0.2) is 0 Å². The van der Waals surface area contributed by atoms with Gasteiger partial charge in [-0.25, -0.2) is 4.98 Å². The molecule has 2 aromatic rings. The molecule has 2 heteroatoms. The van der Waals surface area contributed by atoms with Crippen LogP contribution in [0.25, 0.3) is 11.0 Å². The Labute approximate surface area is 65.3 Å². The van der Waals surface area contributed by atoms with E-state index >= 15 is 0 Å². The van der Waals surface area contributed by atoms with Gasteiger partial charge in [-0.05, 0) is 17.7 Å². The Morgan fingerprint density at radius 3 is 2.91 bits per heavy atom. The lowest BCUT2D eigenvalue weighted by Gasteiger charge is -1.86. The molecule has 0 saturated heterocycles. The quantitative estimate of drug-likeness (QED) is 0.595. The predicted octanol–water partition coefficient (Wildman–Crippen LogP) is 1.68. The van der Waals surface area contributed by atoms with Crippen LogP contribution in [0.15, 0.2) is 18.3 Å². The predicted molar refractivity (Wildman–Crippen MR) is 42.9 cm³/mol. The van der Waals surface area contributed by atoms with Crippen LogP contribution in [-0.2, 0) is 0 Å². The summed E-state index contributed by atoms with van der Waals surface area (Å²) in [4.78, 5) is 6.92. The maximum atomic E-state index is 5.64. The first kappa shape index (κ1) is 6.40. The lowest BCUT2D eigenvalue weighted by molar-refractivity contribution is 1.29. The number of rotatable bonds is 0. The Morgan fingerprint density at radius 1 is 1.36 bits per heavy atom. The molecule has 11 heavy (non-hydrogen) atoms. The van der Waals surface area contributed by atoms with Crippen molar-refractivity contribution in [3.8, 4) is 0 Å². The monoisotopic (exact) mass is 142 g/mol. The van der Waals surface area contributed by atoms with Crippen molar-refractivity contribution in [2.24, 2.45) is 0 Å². The molecule has 2 rings (SSSR count). The Kier molecular flexibility index (Phi) is 1.22. The molecule has 52 valence electrons. The van der Waals surface area contributed by atoms with Crippen molar-refractivity contribution in [2.45, 2.75) is 0 Å². The second-order valence-corrected chi connectivity index (χ2v) is 2.35. The first-order valence-electron chi connectivity index (χ1n) is 3.26. The molecular formula is C9H6N2. The topological polar surface area (TPSA) is 28.7 Å². The number of aromatic amines is 1. The van der Waals surface area contributed by atoms with Crippen LogP contribution in [0.1, 0.15) is 11.3 Å². The summed E-state index contributed by atoms with van der Waals surface area (Å²) in [7, 11) is 0. The van der Waals surface area contributed by atoms with E-state index in [1.54, 1.807) is 6.20 Å². The number of nitrogens with one attached hydrogen (secondary N) is 1. The molecule has 0 saturated carbocycles. The van der Waals surface area contributed by atoms with Gasteiger partial charge >= 0.3 is 0 Å². The normalized spacial score (nSPS) is 10.7. The fraction of sp³-hybridized carbons (Fsp3) is 0. The van der Waals surface area contributed by atoms with Crippen molar-refractivity contribution in [2.75, 3.05) is 0 Å². The number of H-pyrrole nitrogens is 1. The Balaban J connectivity index is 2.92. The van der Waals surface area contributed by atoms with E-state index in [0.717, 1.165) is 11.0 Å². The minimum atomic E-state index is 0.485. The van der Waals surface area contributed by atoms with Gasteiger partial charge in [0.25, 0.3) is 0 Å². The number of nitrogens with zero attached hydrogens (tertiary/aromatic N) is 1. The van der Waals surface area contributed by atoms with Crippen LogP contribution >= 0.6 is 0 Å². The minimum absolute atomic E-state index is 0.485. The number of hydrogen-bond acceptors (Lipinski definition) is 1. The molecule has 4 radical (unpaired) electrons. The van der Waals surface area contributed by atoms with E-state index in [2.05, 4.69) is 9.97 Å². The molecule has 2 nitrogen and oxygen atoms in total. The van der Waals surface area contributed by atoms with E-state index in [1.807, 2.05) is 12.1 Å². The van der Waals surface area contributed by atoms with Gasteiger partial charge in [0.05, 0.1) is 0 Å². The lowest BCUT2D eigenvalue weighted by atomic mass is 10.2. The minimum Gasteiger partial charge on any atom is -0.343 e. The van der Waals surface area contributed by atoms with Gasteiger partial charge in [-0.15, -0.1) is 0 Å². The number of pyridine rings is 1. The summed E-state index contributed by atoms with van der Waals surface area (Å²) in [6.07, 6.45) is 1.69. The molecule has 0 unspecified atom stereocenters. The summed E-state index contributed by atoms with van der Waals surface area (Å²) >= 11 is 0. The van der Waals surface area contributed by atoms with E-state index in [-0.39, 0.29) is 0 Å². The van der Waals surface area contributed by atoms with Crippen molar-refractivity contribution in [3.63, 3.8) is 0 Å². The Morgan fingerprint density at radius 2 is 2.18 bits per heavy atom. The third-order valence-electron chi connectivity index (χ3n) is 1.64. The third-order valence-corrected chi connectivity index (χ3v) is 1.64. The zero-order valence-corrected chi connectivity index (χ0v) is 5.83. The van der Waals surface area contributed by atoms with Crippen LogP contribution in [-0.4, -0.2) is 9.97 Å². The van der Waals surface area contributed by atoms with Crippen LogP contribution in [0.2, 0.25) is 0 Å². The van der Waals surface area contributed by atoms with E-state index < -0.39 is 0 Å². The summed E-state index contributed by atoms with van der Waals surface area (Å²) in [6.45, 7) is 11.2. The largest absolute Gasteiger partial charge is 0.343 e. The van der Waals surface area contributed by atoms with Gasteiger partial charge in [-0.3, -0.25) is 0 Å². The Hall–Kier alpha value is -1.31. The molecule has 2 aromatic heterocycles. The molecule has 0 amide bonds. The summed E-state index contributed by atoms with van der Waals surface area (Å²) < 4.78 is 0. The molecule has 0 aliphatic heterocycles. The summed E-state index contributed by atoms with van der Waals surface area (Å²) in [5.41, 5.74) is 1.80. The zero-order chi connectivity index (χ0) is 7.84. The second-order valence-electron chi connectivity index (χ2n) is 2.35. The molecule has 0 aliphatic carbocycles. The number of aromatic nitrogens is 2. The fourth-order valence-corrected chi connectivity index (χ4v) is 1.06. The highest BCUT2D eigenvalue weighted by Crippen LogP contribution is 2.17. The van der Waals surface area contributed by atoms with Gasteiger partial charge in [-0.1, -0.05) is 0 Å². The lowest BCUT2D eigenvalue weighted by Crippen LogP contribution is -1.72. The van der Waals surface area contributed by atoms with E-state index in [4.69, 9.17) is 13.8 Å². The number of hydrogen-bond donors (Lipinski definition) is 1.